The monoisotopic (exact) mass is 307 g/mol. The molecule has 0 saturated carbocycles. The number of nitrogens with zero attached hydrogens (tertiary/aromatic N) is 2. The molecule has 0 spiro atoms. The Bertz CT molecular complexity index is 369. The van der Waals surface area contributed by atoms with Crippen LogP contribution in [0, 0.1) is 0 Å². The first kappa shape index (κ1) is 23.1. The van der Waals surface area contributed by atoms with Gasteiger partial charge in [0.15, 0.2) is 0 Å². The highest BCUT2D eigenvalue weighted by Crippen LogP contribution is 2.06. The van der Waals surface area contributed by atoms with Crippen LogP contribution < -0.4 is 5.73 Å². The molecule has 3 heteroatoms. The van der Waals surface area contributed by atoms with Gasteiger partial charge in [-0.15, -0.1) is 0 Å². The average Bonchev–Trinajstić information content (AvgIpc) is 2.55. The first-order valence-electron chi connectivity index (χ1n) is 8.22. The third-order valence-electron chi connectivity index (χ3n) is 2.94. The normalized spacial score (nSPS) is 10.3. The molecule has 0 radical (unpaired) electrons. The molecule has 0 bridgehead atoms. The summed E-state index contributed by atoms with van der Waals surface area (Å²) < 4.78 is 0. The van der Waals surface area contributed by atoms with Crippen molar-refractivity contribution in [1.82, 2.24) is 9.80 Å². The third-order valence-corrected chi connectivity index (χ3v) is 2.94. The highest BCUT2D eigenvalue weighted by molar-refractivity contribution is 5.23. The Morgan fingerprint density at radius 3 is 1.95 bits per heavy atom. The maximum absolute atomic E-state index is 5.63. The van der Waals surface area contributed by atoms with Crippen LogP contribution in [0.4, 0.5) is 0 Å². The molecule has 2 N–H and O–H groups in total. The lowest BCUT2D eigenvalue weighted by molar-refractivity contribution is 0.276. The first-order chi connectivity index (χ1) is 10.5. The molecule has 0 saturated heterocycles. The summed E-state index contributed by atoms with van der Waals surface area (Å²) in [5.41, 5.74) is 8.17. The molecule has 1 aromatic rings. The van der Waals surface area contributed by atoms with Crippen LogP contribution in [0.5, 0.6) is 0 Å². The summed E-state index contributed by atoms with van der Waals surface area (Å²) in [6, 6.07) is 8.50. The average molecular weight is 308 g/mol. The molecule has 0 amide bonds. The molecule has 0 aliphatic heterocycles. The topological polar surface area (TPSA) is 32.5 Å². The highest BCUT2D eigenvalue weighted by atomic mass is 15.1. The number of hydrogen-bond donors (Lipinski definition) is 1. The summed E-state index contributed by atoms with van der Waals surface area (Å²) in [7, 11) is 6.35. The molecule has 0 atom stereocenters. The molecule has 0 unspecified atom stereocenters. The zero-order chi connectivity index (χ0) is 17.4. The molecule has 1 aromatic carbocycles. The highest BCUT2D eigenvalue weighted by Gasteiger charge is 2.01. The van der Waals surface area contributed by atoms with Crippen LogP contribution in [0.25, 0.3) is 0 Å². The Hall–Kier alpha value is -1.16. The van der Waals surface area contributed by atoms with Crippen LogP contribution >= 0.6 is 0 Å². The summed E-state index contributed by atoms with van der Waals surface area (Å²) in [5, 5.41) is 0. The number of benzene rings is 1. The van der Waals surface area contributed by atoms with Gasteiger partial charge in [-0.3, -0.25) is 0 Å². The number of allylic oxidation sites excluding steroid dienone is 2. The Morgan fingerprint density at radius 1 is 0.955 bits per heavy atom. The summed E-state index contributed by atoms with van der Waals surface area (Å²) in [5.74, 6) is 0. The van der Waals surface area contributed by atoms with Crippen LogP contribution in [-0.2, 0) is 13.1 Å². The molecule has 1 rings (SSSR count). The summed E-state index contributed by atoms with van der Waals surface area (Å²) >= 11 is 0. The van der Waals surface area contributed by atoms with Crippen LogP contribution in [-0.4, -0.2) is 44.0 Å². The van der Waals surface area contributed by atoms with Crippen LogP contribution in [0.15, 0.2) is 36.4 Å². The van der Waals surface area contributed by atoms with Gasteiger partial charge in [0.1, 0.15) is 0 Å². The van der Waals surface area contributed by atoms with Crippen molar-refractivity contribution in [2.45, 2.75) is 40.8 Å². The predicted octanol–water partition coefficient (Wildman–Crippen LogP) is 3.75. The quantitative estimate of drug-likeness (QED) is 0.813. The van der Waals surface area contributed by atoms with Crippen molar-refractivity contribution in [2.24, 2.45) is 5.73 Å². The molecular formula is C19H37N3. The summed E-state index contributed by atoms with van der Waals surface area (Å²) in [6.07, 6.45) is 4.00. The molecule has 0 fully saturated rings. The molecule has 22 heavy (non-hydrogen) atoms. The molecule has 0 heterocycles. The van der Waals surface area contributed by atoms with Crippen molar-refractivity contribution in [3.8, 4) is 0 Å². The van der Waals surface area contributed by atoms with Gasteiger partial charge >= 0.3 is 0 Å². The zero-order valence-electron chi connectivity index (χ0n) is 15.8. The van der Waals surface area contributed by atoms with Crippen molar-refractivity contribution in [3.63, 3.8) is 0 Å². The molecule has 128 valence electrons. The van der Waals surface area contributed by atoms with E-state index in [4.69, 9.17) is 5.73 Å². The van der Waals surface area contributed by atoms with Gasteiger partial charge < -0.3 is 15.5 Å². The molecule has 0 aromatic heterocycles. The lowest BCUT2D eigenvalue weighted by Gasteiger charge is -2.19. The predicted molar refractivity (Wildman–Crippen MR) is 101 cm³/mol. The van der Waals surface area contributed by atoms with Gasteiger partial charge in [0.25, 0.3) is 0 Å². The minimum absolute atomic E-state index is 0.620. The fraction of sp³-hybridized carbons (Fsp3) is 0.579. The van der Waals surface area contributed by atoms with Gasteiger partial charge in [-0.05, 0) is 46.1 Å². The standard InChI is InChI=1S/C13H23N3.C4H8.C2H6/c1-15(2)7-8-16(3)11-13-6-4-5-12(9-13)10-14;1-3-4-2;1-2/h4-6,9H,7-8,10-11,14H2,1-3H3;3-4H,1-2H3;1-2H3/b;4-3+;. The van der Waals surface area contributed by atoms with Gasteiger partial charge in [-0.2, -0.15) is 0 Å². The summed E-state index contributed by atoms with van der Waals surface area (Å²) in [4.78, 5) is 4.53. The molecular weight excluding hydrogens is 270 g/mol. The second-order valence-electron chi connectivity index (χ2n) is 5.23. The lowest BCUT2D eigenvalue weighted by atomic mass is 10.1. The maximum Gasteiger partial charge on any atom is 0.0231 e. The van der Waals surface area contributed by atoms with Gasteiger partial charge in [-0.25, -0.2) is 0 Å². The molecule has 3 nitrogen and oxygen atoms in total. The SMILES string of the molecule is C/C=C/C.CC.CN(C)CCN(C)Cc1cccc(CN)c1. The van der Waals surface area contributed by atoms with E-state index in [-0.39, 0.29) is 0 Å². The summed E-state index contributed by atoms with van der Waals surface area (Å²) in [6.45, 7) is 11.8. The minimum Gasteiger partial charge on any atom is -0.326 e. The lowest BCUT2D eigenvalue weighted by Crippen LogP contribution is -2.28. The van der Waals surface area contributed by atoms with E-state index in [1.165, 1.54) is 11.1 Å². The molecule has 0 aliphatic rings. The second-order valence-corrected chi connectivity index (χ2v) is 5.23. The number of hydrogen-bond acceptors (Lipinski definition) is 3. The van der Waals surface area contributed by atoms with E-state index in [0.717, 1.165) is 19.6 Å². The third kappa shape index (κ3) is 13.8. The van der Waals surface area contributed by atoms with Crippen molar-refractivity contribution in [3.05, 3.63) is 47.5 Å². The Morgan fingerprint density at radius 2 is 1.50 bits per heavy atom. The Kier molecular flexibility index (Phi) is 17.0. The van der Waals surface area contributed by atoms with E-state index < -0.39 is 0 Å². The van der Waals surface area contributed by atoms with E-state index >= 15 is 0 Å². The van der Waals surface area contributed by atoms with Crippen LogP contribution in [0.3, 0.4) is 0 Å². The van der Waals surface area contributed by atoms with Crippen molar-refractivity contribution < 1.29 is 0 Å². The van der Waals surface area contributed by atoms with E-state index in [2.05, 4.69) is 55.2 Å². The largest absolute Gasteiger partial charge is 0.326 e. The number of likely N-dealkylation sites (N-methyl/N-ethyl adjacent to an activating group) is 2. The fourth-order valence-corrected chi connectivity index (χ4v) is 1.62. The number of rotatable bonds is 6. The number of nitrogens with two attached hydrogens (primary N) is 1. The van der Waals surface area contributed by atoms with E-state index in [0.29, 0.717) is 6.54 Å². The van der Waals surface area contributed by atoms with E-state index in [1.54, 1.807) is 0 Å². The molecule has 0 aliphatic carbocycles. The zero-order valence-corrected chi connectivity index (χ0v) is 15.8. The van der Waals surface area contributed by atoms with Gasteiger partial charge in [-0.1, -0.05) is 50.3 Å². The second kappa shape index (κ2) is 16.2. The van der Waals surface area contributed by atoms with Gasteiger partial charge in [0, 0.05) is 26.2 Å². The van der Waals surface area contributed by atoms with E-state index in [9.17, 15) is 0 Å². The van der Waals surface area contributed by atoms with Crippen molar-refractivity contribution in [2.75, 3.05) is 34.2 Å². The Labute approximate surface area is 138 Å². The minimum atomic E-state index is 0.620. The van der Waals surface area contributed by atoms with Crippen LogP contribution in [0.2, 0.25) is 0 Å². The smallest absolute Gasteiger partial charge is 0.0231 e. The maximum atomic E-state index is 5.63. The van der Waals surface area contributed by atoms with Crippen LogP contribution in [0.1, 0.15) is 38.8 Å². The van der Waals surface area contributed by atoms with Gasteiger partial charge in [0.05, 0.1) is 0 Å². The van der Waals surface area contributed by atoms with Crippen molar-refractivity contribution >= 4 is 0 Å². The Balaban J connectivity index is 0. The van der Waals surface area contributed by atoms with Crippen molar-refractivity contribution in [1.29, 1.82) is 0 Å². The fourth-order valence-electron chi connectivity index (χ4n) is 1.62. The van der Waals surface area contributed by atoms with Gasteiger partial charge in [0.2, 0.25) is 0 Å². The van der Waals surface area contributed by atoms with E-state index in [1.807, 2.05) is 39.8 Å². The first-order valence-corrected chi connectivity index (χ1v) is 8.22.